The Balaban J connectivity index is 2.50. The highest BCUT2D eigenvalue weighted by Gasteiger charge is 2.21. The third kappa shape index (κ3) is 1.45. The van der Waals surface area contributed by atoms with Gasteiger partial charge in [0, 0.05) is 6.54 Å². The molecule has 1 N–H and O–H groups in total. The Kier molecular flexibility index (Phi) is 2.27. The Labute approximate surface area is 89.1 Å². The first kappa shape index (κ1) is 8.98. The molecule has 0 aliphatic carbocycles. The molecule has 0 atom stereocenters. The average molecular weight is 292 g/mol. The third-order valence-corrected chi connectivity index (χ3v) is 3.36. The molecule has 1 aliphatic heterocycles. The van der Waals surface area contributed by atoms with Gasteiger partial charge in [-0.3, -0.25) is 4.68 Å². The molecular weight excluding hydrogens is 283 g/mol. The second kappa shape index (κ2) is 3.28. The van der Waals surface area contributed by atoms with Crippen molar-refractivity contribution in [1.29, 1.82) is 0 Å². The molecule has 0 aromatic carbocycles. The van der Waals surface area contributed by atoms with Gasteiger partial charge in [0.25, 0.3) is 0 Å². The van der Waals surface area contributed by atoms with E-state index >= 15 is 0 Å². The van der Waals surface area contributed by atoms with Crippen LogP contribution in [0.15, 0.2) is 0 Å². The Morgan fingerprint density at radius 2 is 2.31 bits per heavy atom. The maximum absolute atomic E-state index is 10.8. The van der Waals surface area contributed by atoms with Crippen LogP contribution in [0, 0.1) is 3.57 Å². The van der Waals surface area contributed by atoms with Crippen LogP contribution < -0.4 is 0 Å². The van der Waals surface area contributed by atoms with E-state index < -0.39 is 5.97 Å². The van der Waals surface area contributed by atoms with Crippen molar-refractivity contribution in [2.24, 2.45) is 0 Å². The van der Waals surface area contributed by atoms with E-state index in [1.165, 1.54) is 0 Å². The lowest BCUT2D eigenvalue weighted by Gasteiger charge is -2.12. The van der Waals surface area contributed by atoms with Crippen molar-refractivity contribution in [3.05, 3.63) is 15.0 Å². The molecule has 0 saturated carbocycles. The number of hydrogen-bond donors (Lipinski definition) is 1. The number of hydrogen-bond acceptors (Lipinski definition) is 2. The molecule has 0 fully saturated rings. The van der Waals surface area contributed by atoms with E-state index in [0.29, 0.717) is 0 Å². The van der Waals surface area contributed by atoms with Crippen molar-refractivity contribution in [3.8, 4) is 0 Å². The summed E-state index contributed by atoms with van der Waals surface area (Å²) >= 11 is 2.07. The molecule has 2 heterocycles. The average Bonchev–Trinajstić information content (AvgIpc) is 2.45. The van der Waals surface area contributed by atoms with Crippen LogP contribution in [0.4, 0.5) is 0 Å². The molecule has 70 valence electrons. The summed E-state index contributed by atoms with van der Waals surface area (Å²) < 4.78 is 2.64. The minimum Gasteiger partial charge on any atom is -0.476 e. The number of aromatic nitrogens is 2. The van der Waals surface area contributed by atoms with E-state index in [1.54, 1.807) is 0 Å². The summed E-state index contributed by atoms with van der Waals surface area (Å²) in [5.74, 6) is -0.925. The summed E-state index contributed by atoms with van der Waals surface area (Å²) in [5.41, 5.74) is 1.29. The van der Waals surface area contributed by atoms with E-state index in [-0.39, 0.29) is 5.69 Å². The zero-order valence-electron chi connectivity index (χ0n) is 6.96. The summed E-state index contributed by atoms with van der Waals surface area (Å²) in [5, 5.41) is 12.9. The number of fused-ring (bicyclic) bond motifs is 1. The van der Waals surface area contributed by atoms with Gasteiger partial charge < -0.3 is 5.11 Å². The molecule has 0 radical (unpaired) electrons. The fraction of sp³-hybridized carbons (Fsp3) is 0.500. The maximum atomic E-state index is 10.8. The quantitative estimate of drug-likeness (QED) is 0.798. The Morgan fingerprint density at radius 1 is 1.54 bits per heavy atom. The van der Waals surface area contributed by atoms with Crippen LogP contribution in [0.25, 0.3) is 0 Å². The zero-order valence-corrected chi connectivity index (χ0v) is 9.11. The summed E-state index contributed by atoms with van der Waals surface area (Å²) in [6, 6.07) is 0. The summed E-state index contributed by atoms with van der Waals surface area (Å²) in [7, 11) is 0. The molecule has 1 aromatic rings. The van der Waals surface area contributed by atoms with Gasteiger partial charge in [0.1, 0.15) is 0 Å². The van der Waals surface area contributed by atoms with Crippen molar-refractivity contribution in [3.63, 3.8) is 0 Å². The minimum absolute atomic E-state index is 0.206. The molecule has 0 amide bonds. The second-order valence-corrected chi connectivity index (χ2v) is 4.17. The van der Waals surface area contributed by atoms with Crippen molar-refractivity contribution < 1.29 is 9.90 Å². The Morgan fingerprint density at radius 3 is 2.92 bits per heavy atom. The second-order valence-electron chi connectivity index (χ2n) is 3.09. The SMILES string of the molecule is O=C(O)c1nn2c(c1I)CCCC2. The lowest BCUT2D eigenvalue weighted by molar-refractivity contribution is 0.0688. The Bertz CT molecular complexity index is 359. The molecule has 1 aromatic heterocycles. The number of carboxylic acids is 1. The number of halogens is 1. The number of rotatable bonds is 1. The molecule has 0 bridgehead atoms. The predicted molar refractivity (Wildman–Crippen MR) is 54.8 cm³/mol. The van der Waals surface area contributed by atoms with E-state index in [2.05, 4.69) is 27.7 Å². The number of aryl methyl sites for hydroxylation is 1. The van der Waals surface area contributed by atoms with Crippen molar-refractivity contribution in [1.82, 2.24) is 9.78 Å². The first-order chi connectivity index (χ1) is 6.20. The lowest BCUT2D eigenvalue weighted by atomic mass is 10.1. The van der Waals surface area contributed by atoms with Gasteiger partial charge in [-0.15, -0.1) is 0 Å². The van der Waals surface area contributed by atoms with Crippen LogP contribution in [0.5, 0.6) is 0 Å². The van der Waals surface area contributed by atoms with E-state index in [1.807, 2.05) is 4.68 Å². The highest BCUT2D eigenvalue weighted by Crippen LogP contribution is 2.22. The van der Waals surface area contributed by atoms with Gasteiger partial charge in [-0.1, -0.05) is 0 Å². The molecule has 0 saturated heterocycles. The number of carboxylic acid groups (broad SMARTS) is 1. The summed E-state index contributed by atoms with van der Waals surface area (Å²) in [6.07, 6.45) is 3.20. The van der Waals surface area contributed by atoms with Gasteiger partial charge in [0.05, 0.1) is 9.26 Å². The van der Waals surface area contributed by atoms with E-state index in [4.69, 9.17) is 5.11 Å². The third-order valence-electron chi connectivity index (χ3n) is 2.23. The van der Waals surface area contributed by atoms with Crippen molar-refractivity contribution in [2.75, 3.05) is 0 Å². The zero-order chi connectivity index (χ0) is 9.42. The topological polar surface area (TPSA) is 55.1 Å². The van der Waals surface area contributed by atoms with Crippen LogP contribution >= 0.6 is 22.6 Å². The smallest absolute Gasteiger partial charge is 0.357 e. The van der Waals surface area contributed by atoms with Crippen LogP contribution in [0.3, 0.4) is 0 Å². The Hall–Kier alpha value is -0.590. The molecule has 4 nitrogen and oxygen atoms in total. The number of nitrogens with zero attached hydrogens (tertiary/aromatic N) is 2. The highest BCUT2D eigenvalue weighted by atomic mass is 127. The van der Waals surface area contributed by atoms with Gasteiger partial charge in [-0.25, -0.2) is 4.79 Å². The number of aromatic carboxylic acids is 1. The van der Waals surface area contributed by atoms with Gasteiger partial charge in [0.2, 0.25) is 0 Å². The summed E-state index contributed by atoms with van der Waals surface area (Å²) in [6.45, 7) is 0.860. The monoisotopic (exact) mass is 292 g/mol. The molecule has 0 spiro atoms. The predicted octanol–water partition coefficient (Wildman–Crippen LogP) is 1.52. The standard InChI is InChI=1S/C8H9IN2O2/c9-6-5-3-1-2-4-11(5)10-7(6)8(12)13/h1-4H2,(H,12,13). The first-order valence-corrected chi connectivity index (χ1v) is 5.26. The fourth-order valence-electron chi connectivity index (χ4n) is 1.59. The molecule has 13 heavy (non-hydrogen) atoms. The van der Waals surface area contributed by atoms with Crippen LogP contribution in [0.2, 0.25) is 0 Å². The largest absolute Gasteiger partial charge is 0.476 e. The van der Waals surface area contributed by atoms with Crippen molar-refractivity contribution in [2.45, 2.75) is 25.8 Å². The number of carbonyl (C=O) groups is 1. The molecule has 5 heteroatoms. The maximum Gasteiger partial charge on any atom is 0.357 e. The van der Waals surface area contributed by atoms with Gasteiger partial charge >= 0.3 is 5.97 Å². The first-order valence-electron chi connectivity index (χ1n) is 4.18. The van der Waals surface area contributed by atoms with E-state index in [9.17, 15) is 4.79 Å². The van der Waals surface area contributed by atoms with Crippen molar-refractivity contribution >= 4 is 28.6 Å². The van der Waals surface area contributed by atoms with Crippen LogP contribution in [0.1, 0.15) is 29.0 Å². The minimum atomic E-state index is -0.925. The molecular formula is C8H9IN2O2. The molecule has 2 rings (SSSR count). The van der Waals surface area contributed by atoms with Gasteiger partial charge in [0.15, 0.2) is 5.69 Å². The molecule has 1 aliphatic rings. The summed E-state index contributed by atoms with van der Waals surface area (Å²) in [4.78, 5) is 10.8. The molecule has 0 unspecified atom stereocenters. The highest BCUT2D eigenvalue weighted by molar-refractivity contribution is 14.1. The lowest BCUT2D eigenvalue weighted by Crippen LogP contribution is -2.11. The van der Waals surface area contributed by atoms with E-state index in [0.717, 1.165) is 35.1 Å². The van der Waals surface area contributed by atoms with Crippen LogP contribution in [-0.4, -0.2) is 20.9 Å². The normalized spacial score (nSPS) is 15.5. The van der Waals surface area contributed by atoms with Gasteiger partial charge in [-0.05, 0) is 41.9 Å². The fourth-order valence-corrected chi connectivity index (χ4v) is 2.48. The van der Waals surface area contributed by atoms with Gasteiger partial charge in [-0.2, -0.15) is 5.10 Å². The van der Waals surface area contributed by atoms with Crippen LogP contribution in [-0.2, 0) is 13.0 Å².